The van der Waals surface area contributed by atoms with Crippen LogP contribution in [0.5, 0.6) is 0 Å². The van der Waals surface area contributed by atoms with Crippen molar-refractivity contribution in [3.05, 3.63) is 35.9 Å². The fourth-order valence-electron chi connectivity index (χ4n) is 4.17. The van der Waals surface area contributed by atoms with Crippen LogP contribution < -0.4 is 0 Å². The molecule has 1 amide bonds. The van der Waals surface area contributed by atoms with Gasteiger partial charge in [-0.1, -0.05) is 30.3 Å². The predicted molar refractivity (Wildman–Crippen MR) is 115 cm³/mol. The standard InChI is InChI=1S/C23H35N3O3/c1-5-25(21(27)29-22(2,3)4)15-18-11-13-26(14-12-18)23(16-28-17-23)20(24)19-9-7-6-8-10-19/h6-10,18,24H,5,11-17H2,1-4H3. The maximum absolute atomic E-state index is 12.4. The number of rotatable bonds is 6. The van der Waals surface area contributed by atoms with Crippen LogP contribution in [0.3, 0.4) is 0 Å². The number of piperidine rings is 1. The first kappa shape index (κ1) is 21.8. The van der Waals surface area contributed by atoms with E-state index in [1.165, 1.54) is 0 Å². The molecule has 2 heterocycles. The van der Waals surface area contributed by atoms with Crippen molar-refractivity contribution in [2.24, 2.45) is 5.92 Å². The number of hydrogen-bond donors (Lipinski definition) is 1. The Kier molecular flexibility index (Phi) is 6.64. The molecular formula is C23H35N3O3. The molecule has 6 nitrogen and oxygen atoms in total. The van der Waals surface area contributed by atoms with Crippen molar-refractivity contribution >= 4 is 11.8 Å². The number of amides is 1. The molecule has 2 saturated heterocycles. The first-order valence-electron chi connectivity index (χ1n) is 10.7. The van der Waals surface area contributed by atoms with E-state index in [0.717, 1.165) is 38.0 Å². The van der Waals surface area contributed by atoms with Gasteiger partial charge in [-0.2, -0.15) is 0 Å². The SMILES string of the molecule is CCN(CC1CCN(C2(C(=N)c3ccccc3)COC2)CC1)C(=O)OC(C)(C)C. The van der Waals surface area contributed by atoms with Gasteiger partial charge in [-0.25, -0.2) is 4.79 Å². The molecule has 0 aliphatic carbocycles. The third-order valence-corrected chi connectivity index (χ3v) is 5.94. The second kappa shape index (κ2) is 8.84. The van der Waals surface area contributed by atoms with Crippen molar-refractivity contribution in [1.82, 2.24) is 9.80 Å². The molecule has 0 saturated carbocycles. The molecule has 0 spiro atoms. The highest BCUT2D eigenvalue weighted by Gasteiger charge is 2.49. The molecule has 2 fully saturated rings. The van der Waals surface area contributed by atoms with Crippen molar-refractivity contribution in [3.8, 4) is 0 Å². The zero-order chi connectivity index (χ0) is 21.1. The summed E-state index contributed by atoms with van der Waals surface area (Å²) in [6, 6.07) is 9.97. The summed E-state index contributed by atoms with van der Waals surface area (Å²) in [6.07, 6.45) is 1.81. The maximum atomic E-state index is 12.4. The molecule has 1 aromatic rings. The van der Waals surface area contributed by atoms with Gasteiger partial charge in [-0.15, -0.1) is 0 Å². The smallest absolute Gasteiger partial charge is 0.410 e. The molecule has 1 N–H and O–H groups in total. The van der Waals surface area contributed by atoms with E-state index in [4.69, 9.17) is 14.9 Å². The van der Waals surface area contributed by atoms with Crippen molar-refractivity contribution in [2.75, 3.05) is 39.4 Å². The van der Waals surface area contributed by atoms with Gasteiger partial charge in [0.15, 0.2) is 0 Å². The second-order valence-corrected chi connectivity index (χ2v) is 9.21. The molecule has 0 atom stereocenters. The van der Waals surface area contributed by atoms with Crippen LogP contribution in [0.2, 0.25) is 0 Å². The summed E-state index contributed by atoms with van der Waals surface area (Å²) in [4.78, 5) is 16.7. The number of ether oxygens (including phenoxy) is 2. The van der Waals surface area contributed by atoms with Crippen molar-refractivity contribution in [1.29, 1.82) is 5.41 Å². The highest BCUT2D eigenvalue weighted by atomic mass is 16.6. The topological polar surface area (TPSA) is 65.9 Å². The number of hydrogen-bond acceptors (Lipinski definition) is 5. The van der Waals surface area contributed by atoms with Crippen molar-refractivity contribution in [3.63, 3.8) is 0 Å². The lowest BCUT2D eigenvalue weighted by atomic mass is 9.82. The first-order valence-corrected chi connectivity index (χ1v) is 10.7. The number of carbonyl (C=O) groups excluding carboxylic acids is 1. The number of nitrogens with one attached hydrogen (secondary N) is 1. The van der Waals surface area contributed by atoms with Crippen LogP contribution in [0.15, 0.2) is 30.3 Å². The zero-order valence-electron chi connectivity index (χ0n) is 18.2. The molecule has 2 aliphatic heterocycles. The van der Waals surface area contributed by atoms with E-state index >= 15 is 0 Å². The molecule has 1 aromatic carbocycles. The quantitative estimate of drug-likeness (QED) is 0.737. The minimum absolute atomic E-state index is 0.225. The lowest BCUT2D eigenvalue weighted by Crippen LogP contribution is -2.68. The Morgan fingerprint density at radius 1 is 1.24 bits per heavy atom. The maximum Gasteiger partial charge on any atom is 0.410 e. The van der Waals surface area contributed by atoms with E-state index in [1.807, 2.05) is 62.9 Å². The minimum atomic E-state index is -0.470. The monoisotopic (exact) mass is 401 g/mol. The Labute approximate surface area is 174 Å². The molecule has 0 bridgehead atoms. The van der Waals surface area contributed by atoms with Gasteiger partial charge >= 0.3 is 6.09 Å². The molecule has 0 unspecified atom stereocenters. The van der Waals surface area contributed by atoms with Gasteiger partial charge in [-0.05, 0) is 65.1 Å². The highest BCUT2D eigenvalue weighted by Crippen LogP contribution is 2.33. The second-order valence-electron chi connectivity index (χ2n) is 9.21. The summed E-state index contributed by atoms with van der Waals surface area (Å²) < 4.78 is 11.1. The summed E-state index contributed by atoms with van der Waals surface area (Å²) in [5, 5.41) is 8.81. The molecule has 160 valence electrons. The molecule has 0 radical (unpaired) electrons. The Hall–Kier alpha value is -1.92. The average Bonchev–Trinajstić information content (AvgIpc) is 2.65. The lowest BCUT2D eigenvalue weighted by molar-refractivity contribution is -0.110. The number of likely N-dealkylation sites (tertiary alicyclic amines) is 1. The summed E-state index contributed by atoms with van der Waals surface area (Å²) >= 11 is 0. The van der Waals surface area contributed by atoms with Gasteiger partial charge in [0.2, 0.25) is 0 Å². The van der Waals surface area contributed by atoms with Crippen LogP contribution in [0, 0.1) is 11.3 Å². The molecule has 29 heavy (non-hydrogen) atoms. The van der Waals surface area contributed by atoms with Gasteiger partial charge in [0.1, 0.15) is 11.1 Å². The third kappa shape index (κ3) is 4.98. The summed E-state index contributed by atoms with van der Waals surface area (Å²) in [5.74, 6) is 0.461. The molecule has 0 aromatic heterocycles. The summed E-state index contributed by atoms with van der Waals surface area (Å²) in [5.41, 5.74) is 0.858. The number of carbonyl (C=O) groups is 1. The fourth-order valence-corrected chi connectivity index (χ4v) is 4.17. The Balaban J connectivity index is 1.58. The zero-order valence-corrected chi connectivity index (χ0v) is 18.2. The van der Waals surface area contributed by atoms with Gasteiger partial charge in [0, 0.05) is 13.1 Å². The van der Waals surface area contributed by atoms with Crippen molar-refractivity contribution in [2.45, 2.75) is 51.7 Å². The van der Waals surface area contributed by atoms with E-state index in [1.54, 1.807) is 0 Å². The van der Waals surface area contributed by atoms with E-state index in [2.05, 4.69) is 4.90 Å². The summed E-state index contributed by atoms with van der Waals surface area (Å²) in [6.45, 7) is 12.1. The van der Waals surface area contributed by atoms with Crippen LogP contribution in [-0.4, -0.2) is 72.1 Å². The number of benzene rings is 1. The summed E-state index contributed by atoms with van der Waals surface area (Å²) in [7, 11) is 0. The molecule has 2 aliphatic rings. The molecule has 3 rings (SSSR count). The predicted octanol–water partition coefficient (Wildman–Crippen LogP) is 3.79. The average molecular weight is 402 g/mol. The largest absolute Gasteiger partial charge is 0.444 e. The van der Waals surface area contributed by atoms with Gasteiger partial charge in [-0.3, -0.25) is 4.90 Å². The van der Waals surface area contributed by atoms with E-state index in [0.29, 0.717) is 31.4 Å². The lowest BCUT2D eigenvalue weighted by Gasteiger charge is -2.52. The normalized spacial score (nSPS) is 20.0. The Morgan fingerprint density at radius 3 is 2.34 bits per heavy atom. The van der Waals surface area contributed by atoms with E-state index in [9.17, 15) is 4.79 Å². The van der Waals surface area contributed by atoms with Gasteiger partial charge in [0.25, 0.3) is 0 Å². The molecular weight excluding hydrogens is 366 g/mol. The van der Waals surface area contributed by atoms with Crippen LogP contribution in [-0.2, 0) is 9.47 Å². The van der Waals surface area contributed by atoms with Crippen LogP contribution in [0.4, 0.5) is 4.79 Å². The first-order chi connectivity index (χ1) is 13.7. The third-order valence-electron chi connectivity index (χ3n) is 5.94. The van der Waals surface area contributed by atoms with Crippen LogP contribution in [0.25, 0.3) is 0 Å². The minimum Gasteiger partial charge on any atom is -0.444 e. The Bertz CT molecular complexity index is 702. The van der Waals surface area contributed by atoms with Gasteiger partial charge in [0.05, 0.1) is 18.9 Å². The van der Waals surface area contributed by atoms with E-state index < -0.39 is 5.60 Å². The van der Waals surface area contributed by atoms with Gasteiger partial charge < -0.3 is 19.8 Å². The fraction of sp³-hybridized carbons (Fsp3) is 0.652. The highest BCUT2D eigenvalue weighted by molar-refractivity contribution is 6.06. The molecule has 6 heteroatoms. The number of nitrogens with zero attached hydrogens (tertiary/aromatic N) is 2. The van der Waals surface area contributed by atoms with Crippen LogP contribution in [0.1, 0.15) is 46.1 Å². The van der Waals surface area contributed by atoms with E-state index in [-0.39, 0.29) is 11.6 Å². The van der Waals surface area contributed by atoms with Crippen LogP contribution >= 0.6 is 0 Å². The Morgan fingerprint density at radius 2 is 1.86 bits per heavy atom. The van der Waals surface area contributed by atoms with Crippen molar-refractivity contribution < 1.29 is 14.3 Å².